The number of nitrogen functional groups attached to an aromatic ring is 1. The number of ether oxygens (including phenoxy) is 1. The van der Waals surface area contributed by atoms with Crippen LogP contribution in [-0.2, 0) is 20.9 Å². The van der Waals surface area contributed by atoms with Crippen LogP contribution < -0.4 is 5.73 Å². The quantitative estimate of drug-likeness (QED) is 0.644. The number of hydrogen-bond donors (Lipinski definition) is 1. The molecule has 1 fully saturated rings. The minimum absolute atomic E-state index is 0.0365. The topological polar surface area (TPSA) is 92.9 Å². The highest BCUT2D eigenvalue weighted by Crippen LogP contribution is 2.40. The van der Waals surface area contributed by atoms with Crippen LogP contribution in [-0.4, -0.2) is 53.6 Å². The number of amides is 3. The maximum absolute atomic E-state index is 15.4. The lowest BCUT2D eigenvalue weighted by molar-refractivity contribution is -0.170. The molecule has 2 aliphatic rings. The highest BCUT2D eigenvalue weighted by atomic mass is 32.1. The van der Waals surface area contributed by atoms with Gasteiger partial charge in [0.25, 0.3) is 17.6 Å². The number of carbonyl (C=O) groups is 3. The molecule has 23 heavy (non-hydrogen) atoms. The van der Waals surface area contributed by atoms with E-state index in [1.807, 2.05) is 0 Å². The number of methoxy groups -OCH3 is 1. The zero-order valence-corrected chi connectivity index (χ0v) is 13.3. The third kappa shape index (κ3) is 2.31. The Hall–Kier alpha value is -2.00. The van der Waals surface area contributed by atoms with Crippen molar-refractivity contribution >= 4 is 34.1 Å². The van der Waals surface area contributed by atoms with E-state index in [0.29, 0.717) is 16.1 Å². The van der Waals surface area contributed by atoms with Gasteiger partial charge in [-0.25, -0.2) is 4.39 Å². The van der Waals surface area contributed by atoms with E-state index in [-0.39, 0.29) is 32.5 Å². The van der Waals surface area contributed by atoms with Gasteiger partial charge in [-0.15, -0.1) is 11.3 Å². The van der Waals surface area contributed by atoms with Crippen LogP contribution in [0.5, 0.6) is 0 Å². The lowest BCUT2D eigenvalue weighted by Gasteiger charge is -2.40. The van der Waals surface area contributed by atoms with Gasteiger partial charge in [-0.2, -0.15) is 0 Å². The number of fused-ring (bicyclic) bond motifs is 1. The molecule has 3 amide bonds. The average Bonchev–Trinajstić information content (AvgIpc) is 3.05. The monoisotopic (exact) mass is 341 g/mol. The Morgan fingerprint density at radius 1 is 1.43 bits per heavy atom. The van der Waals surface area contributed by atoms with Crippen molar-refractivity contribution in [2.45, 2.75) is 25.2 Å². The second kappa shape index (κ2) is 5.57. The second-order valence-corrected chi connectivity index (χ2v) is 6.40. The molecule has 0 saturated carbocycles. The molecule has 1 aromatic rings. The van der Waals surface area contributed by atoms with E-state index in [1.54, 1.807) is 5.38 Å². The molecule has 0 unspecified atom stereocenters. The van der Waals surface area contributed by atoms with Crippen LogP contribution in [0.15, 0.2) is 5.38 Å². The van der Waals surface area contributed by atoms with Crippen LogP contribution in [0.25, 0.3) is 0 Å². The van der Waals surface area contributed by atoms with E-state index >= 15 is 4.39 Å². The fraction of sp³-hybridized carbons (Fsp3) is 0.500. The summed E-state index contributed by atoms with van der Waals surface area (Å²) in [5, 5.41) is 2.01. The smallest absolute Gasteiger partial charge is 0.288 e. The number of thiophene rings is 1. The first-order valence-electron chi connectivity index (χ1n) is 7.10. The number of carbonyl (C=O) groups excluding carboxylic acids is 3. The van der Waals surface area contributed by atoms with Crippen molar-refractivity contribution in [1.82, 2.24) is 9.80 Å². The molecule has 3 heterocycles. The third-order valence-electron chi connectivity index (χ3n) is 4.21. The Kier molecular flexibility index (Phi) is 3.85. The van der Waals surface area contributed by atoms with Gasteiger partial charge in [0.2, 0.25) is 5.91 Å². The molecule has 124 valence electrons. The summed E-state index contributed by atoms with van der Waals surface area (Å²) in [5.41, 5.74) is 6.67. The van der Waals surface area contributed by atoms with E-state index in [2.05, 4.69) is 0 Å². The SMILES string of the molecule is COCCN1C(=O)CC[C@](F)(N2Cc3c(csc3N)C2=O)C1=O. The van der Waals surface area contributed by atoms with Crippen molar-refractivity contribution in [2.75, 3.05) is 26.0 Å². The molecule has 1 atom stereocenters. The Labute approximate surface area is 135 Å². The first-order chi connectivity index (χ1) is 10.9. The Bertz CT molecular complexity index is 692. The number of nitrogens with zero attached hydrogens (tertiary/aromatic N) is 2. The number of hydrogen-bond acceptors (Lipinski definition) is 6. The number of likely N-dealkylation sites (tertiary alicyclic amines) is 1. The molecular weight excluding hydrogens is 325 g/mol. The van der Waals surface area contributed by atoms with Crippen LogP contribution >= 0.6 is 11.3 Å². The number of piperidine rings is 1. The molecule has 9 heteroatoms. The van der Waals surface area contributed by atoms with E-state index < -0.39 is 23.5 Å². The van der Waals surface area contributed by atoms with Gasteiger partial charge in [0.1, 0.15) is 0 Å². The molecule has 1 saturated heterocycles. The Morgan fingerprint density at radius 3 is 2.83 bits per heavy atom. The number of anilines is 1. The molecule has 0 aliphatic carbocycles. The summed E-state index contributed by atoms with van der Waals surface area (Å²) >= 11 is 1.21. The summed E-state index contributed by atoms with van der Waals surface area (Å²) in [5.74, 6) is -4.56. The van der Waals surface area contributed by atoms with Crippen molar-refractivity contribution in [3.05, 3.63) is 16.5 Å². The van der Waals surface area contributed by atoms with Gasteiger partial charge in [-0.05, 0) is 0 Å². The molecule has 0 spiro atoms. The average molecular weight is 341 g/mol. The van der Waals surface area contributed by atoms with Gasteiger partial charge in [0.15, 0.2) is 0 Å². The Balaban J connectivity index is 1.88. The molecule has 2 N–H and O–H groups in total. The Morgan fingerprint density at radius 2 is 2.17 bits per heavy atom. The summed E-state index contributed by atoms with van der Waals surface area (Å²) in [6.07, 6.45) is -0.481. The molecule has 7 nitrogen and oxygen atoms in total. The van der Waals surface area contributed by atoms with Gasteiger partial charge in [-0.3, -0.25) is 24.2 Å². The summed E-state index contributed by atoms with van der Waals surface area (Å²) < 4.78 is 20.3. The first-order valence-corrected chi connectivity index (χ1v) is 7.98. The van der Waals surface area contributed by atoms with Gasteiger partial charge in [0.05, 0.1) is 30.3 Å². The molecule has 3 rings (SSSR count). The number of halogens is 1. The van der Waals surface area contributed by atoms with Gasteiger partial charge >= 0.3 is 0 Å². The second-order valence-electron chi connectivity index (χ2n) is 5.49. The zero-order chi connectivity index (χ0) is 16.8. The van der Waals surface area contributed by atoms with E-state index in [0.717, 1.165) is 9.80 Å². The summed E-state index contributed by atoms with van der Waals surface area (Å²) in [4.78, 5) is 38.5. The lowest BCUT2D eigenvalue weighted by atomic mass is 9.99. The number of nitrogens with two attached hydrogens (primary N) is 1. The fourth-order valence-electron chi connectivity index (χ4n) is 2.90. The predicted octanol–water partition coefficient (Wildman–Crippen LogP) is 0.747. The molecule has 0 aromatic carbocycles. The van der Waals surface area contributed by atoms with E-state index in [1.165, 1.54) is 18.4 Å². The minimum Gasteiger partial charge on any atom is -0.390 e. The van der Waals surface area contributed by atoms with Crippen LogP contribution in [0, 0.1) is 0 Å². The van der Waals surface area contributed by atoms with Crippen LogP contribution in [0.1, 0.15) is 28.8 Å². The fourth-order valence-corrected chi connectivity index (χ4v) is 3.70. The van der Waals surface area contributed by atoms with E-state index in [9.17, 15) is 14.4 Å². The maximum Gasteiger partial charge on any atom is 0.288 e. The highest BCUT2D eigenvalue weighted by Gasteiger charge is 2.55. The lowest BCUT2D eigenvalue weighted by Crippen LogP contribution is -2.62. The van der Waals surface area contributed by atoms with Crippen molar-refractivity contribution in [3.63, 3.8) is 0 Å². The molecular formula is C14H16FN3O4S. The summed E-state index contributed by atoms with van der Waals surface area (Å²) in [7, 11) is 1.42. The largest absolute Gasteiger partial charge is 0.390 e. The van der Waals surface area contributed by atoms with Crippen molar-refractivity contribution < 1.29 is 23.5 Å². The molecule has 1 aromatic heterocycles. The van der Waals surface area contributed by atoms with Crippen molar-refractivity contribution in [1.29, 1.82) is 0 Å². The van der Waals surface area contributed by atoms with Crippen LogP contribution in [0.3, 0.4) is 0 Å². The zero-order valence-electron chi connectivity index (χ0n) is 12.5. The predicted molar refractivity (Wildman–Crippen MR) is 80.3 cm³/mol. The van der Waals surface area contributed by atoms with Gasteiger partial charge in [-0.1, -0.05) is 0 Å². The maximum atomic E-state index is 15.4. The first kappa shape index (κ1) is 15.9. The molecule has 2 aliphatic heterocycles. The van der Waals surface area contributed by atoms with Crippen molar-refractivity contribution in [3.8, 4) is 0 Å². The molecule has 0 bridgehead atoms. The van der Waals surface area contributed by atoms with Gasteiger partial charge in [0, 0.05) is 30.9 Å². The normalized spacial score (nSPS) is 24.5. The van der Waals surface area contributed by atoms with E-state index in [4.69, 9.17) is 10.5 Å². The summed E-state index contributed by atoms with van der Waals surface area (Å²) in [6.45, 7) is 0.0186. The van der Waals surface area contributed by atoms with Crippen LogP contribution in [0.4, 0.5) is 9.39 Å². The van der Waals surface area contributed by atoms with Gasteiger partial charge < -0.3 is 10.5 Å². The number of imide groups is 1. The number of rotatable bonds is 4. The highest BCUT2D eigenvalue weighted by molar-refractivity contribution is 7.14. The standard InChI is InChI=1S/C14H16FN3O4S/c1-22-5-4-17-10(19)2-3-14(15,13(17)21)18-6-8-9(12(18)20)7-23-11(8)16/h7H,2-6,16H2,1H3/t14-/m0/s1. The summed E-state index contributed by atoms with van der Waals surface area (Å²) in [6, 6.07) is 0. The third-order valence-corrected chi connectivity index (χ3v) is 5.06. The minimum atomic E-state index is -2.53. The van der Waals surface area contributed by atoms with Crippen molar-refractivity contribution in [2.24, 2.45) is 0 Å². The molecule has 0 radical (unpaired) electrons. The number of alkyl halides is 1. The van der Waals surface area contributed by atoms with Crippen LogP contribution in [0.2, 0.25) is 0 Å².